The topological polar surface area (TPSA) is 21.3 Å². The van der Waals surface area contributed by atoms with Gasteiger partial charge in [-0.3, -0.25) is 0 Å². The average molecular weight is 284 g/mol. The molecule has 0 aliphatic carbocycles. The average Bonchev–Trinajstić information content (AvgIpc) is 2.68. The summed E-state index contributed by atoms with van der Waals surface area (Å²) in [6.07, 6.45) is 1.13. The van der Waals surface area contributed by atoms with Gasteiger partial charge in [0.1, 0.15) is 0 Å². The molecule has 2 rings (SSSR count). The van der Waals surface area contributed by atoms with Crippen molar-refractivity contribution in [2.24, 2.45) is 0 Å². The molecule has 0 aromatic heterocycles. The summed E-state index contributed by atoms with van der Waals surface area (Å²) in [6.45, 7) is 7.03. The standard InChI is InChI=1S/C13H18BrNO/c1-9-5-11(14)6-10(2)13(9)7-15-12-3-4-16-8-12/h5-6,12,15H,3-4,7-8H2,1-2H3. The third-order valence-electron chi connectivity index (χ3n) is 3.16. The van der Waals surface area contributed by atoms with Crippen molar-refractivity contribution in [1.29, 1.82) is 0 Å². The number of hydrogen-bond donors (Lipinski definition) is 1. The molecular formula is C13H18BrNO. The van der Waals surface area contributed by atoms with Crippen LogP contribution in [-0.4, -0.2) is 19.3 Å². The molecule has 1 heterocycles. The van der Waals surface area contributed by atoms with E-state index in [4.69, 9.17) is 4.74 Å². The van der Waals surface area contributed by atoms with Gasteiger partial charge in [-0.05, 0) is 49.1 Å². The molecule has 1 N–H and O–H groups in total. The summed E-state index contributed by atoms with van der Waals surface area (Å²) < 4.78 is 6.52. The predicted octanol–water partition coefficient (Wildman–Crippen LogP) is 2.94. The number of benzene rings is 1. The van der Waals surface area contributed by atoms with Crippen LogP contribution in [0.1, 0.15) is 23.1 Å². The van der Waals surface area contributed by atoms with Crippen LogP contribution in [0.15, 0.2) is 16.6 Å². The molecule has 0 bridgehead atoms. The van der Waals surface area contributed by atoms with Crippen molar-refractivity contribution >= 4 is 15.9 Å². The summed E-state index contributed by atoms with van der Waals surface area (Å²) >= 11 is 3.52. The predicted molar refractivity (Wildman–Crippen MR) is 69.7 cm³/mol. The maximum absolute atomic E-state index is 5.36. The maximum atomic E-state index is 5.36. The number of hydrogen-bond acceptors (Lipinski definition) is 2. The molecule has 1 atom stereocenters. The van der Waals surface area contributed by atoms with Crippen molar-refractivity contribution in [3.05, 3.63) is 33.3 Å². The van der Waals surface area contributed by atoms with Crippen LogP contribution in [0.4, 0.5) is 0 Å². The molecule has 2 nitrogen and oxygen atoms in total. The molecule has 0 radical (unpaired) electrons. The van der Waals surface area contributed by atoms with Crippen molar-refractivity contribution < 1.29 is 4.74 Å². The molecular weight excluding hydrogens is 266 g/mol. The Labute approximate surface area is 106 Å². The molecule has 0 saturated carbocycles. The van der Waals surface area contributed by atoms with Gasteiger partial charge in [0.05, 0.1) is 6.61 Å². The summed E-state index contributed by atoms with van der Waals surface area (Å²) in [7, 11) is 0. The second kappa shape index (κ2) is 5.30. The third-order valence-corrected chi connectivity index (χ3v) is 3.62. The molecule has 1 saturated heterocycles. The van der Waals surface area contributed by atoms with Crippen LogP contribution in [0.2, 0.25) is 0 Å². The monoisotopic (exact) mass is 283 g/mol. The van der Waals surface area contributed by atoms with Crippen molar-refractivity contribution in [3.8, 4) is 0 Å². The SMILES string of the molecule is Cc1cc(Br)cc(C)c1CNC1CCOC1. The largest absolute Gasteiger partial charge is 0.380 e. The Hall–Kier alpha value is -0.380. The highest BCUT2D eigenvalue weighted by Gasteiger charge is 2.15. The van der Waals surface area contributed by atoms with Gasteiger partial charge in [0.2, 0.25) is 0 Å². The van der Waals surface area contributed by atoms with Crippen LogP contribution in [0, 0.1) is 13.8 Å². The van der Waals surface area contributed by atoms with Gasteiger partial charge in [0.15, 0.2) is 0 Å². The van der Waals surface area contributed by atoms with E-state index >= 15 is 0 Å². The smallest absolute Gasteiger partial charge is 0.0620 e. The Bertz CT molecular complexity index is 349. The molecule has 0 spiro atoms. The van der Waals surface area contributed by atoms with E-state index in [2.05, 4.69) is 47.2 Å². The quantitative estimate of drug-likeness (QED) is 0.921. The first-order chi connectivity index (χ1) is 7.66. The fraction of sp³-hybridized carbons (Fsp3) is 0.538. The molecule has 88 valence electrons. The first kappa shape index (κ1) is 12.1. The molecule has 0 amide bonds. The van der Waals surface area contributed by atoms with Crippen molar-refractivity contribution in [3.63, 3.8) is 0 Å². The molecule has 16 heavy (non-hydrogen) atoms. The third kappa shape index (κ3) is 2.84. The fourth-order valence-electron chi connectivity index (χ4n) is 2.16. The molecule has 1 aliphatic rings. The number of nitrogens with one attached hydrogen (secondary N) is 1. The summed E-state index contributed by atoms with van der Waals surface area (Å²) in [5.74, 6) is 0. The minimum atomic E-state index is 0.530. The first-order valence-electron chi connectivity index (χ1n) is 5.73. The number of ether oxygens (including phenoxy) is 1. The van der Waals surface area contributed by atoms with Crippen LogP contribution in [0.3, 0.4) is 0 Å². The van der Waals surface area contributed by atoms with Gasteiger partial charge < -0.3 is 10.1 Å². The summed E-state index contributed by atoms with van der Waals surface area (Å²) in [6, 6.07) is 4.88. The van der Waals surface area contributed by atoms with E-state index < -0.39 is 0 Å². The van der Waals surface area contributed by atoms with E-state index in [1.165, 1.54) is 16.7 Å². The van der Waals surface area contributed by atoms with E-state index in [1.54, 1.807) is 0 Å². The zero-order valence-electron chi connectivity index (χ0n) is 9.85. The first-order valence-corrected chi connectivity index (χ1v) is 6.53. The lowest BCUT2D eigenvalue weighted by Gasteiger charge is -2.15. The van der Waals surface area contributed by atoms with Crippen LogP contribution in [0.5, 0.6) is 0 Å². The van der Waals surface area contributed by atoms with Crippen LogP contribution >= 0.6 is 15.9 Å². The van der Waals surface area contributed by atoms with Gasteiger partial charge in [0, 0.05) is 23.7 Å². The summed E-state index contributed by atoms with van der Waals surface area (Å²) in [5, 5.41) is 3.56. The number of rotatable bonds is 3. The van der Waals surface area contributed by atoms with Gasteiger partial charge >= 0.3 is 0 Å². The van der Waals surface area contributed by atoms with Crippen LogP contribution < -0.4 is 5.32 Å². The second-order valence-corrected chi connectivity index (χ2v) is 5.38. The van der Waals surface area contributed by atoms with Crippen molar-refractivity contribution in [2.75, 3.05) is 13.2 Å². The minimum Gasteiger partial charge on any atom is -0.380 e. The normalized spacial score (nSPS) is 20.3. The highest BCUT2D eigenvalue weighted by atomic mass is 79.9. The summed E-state index contributed by atoms with van der Waals surface area (Å²) in [4.78, 5) is 0. The van der Waals surface area contributed by atoms with E-state index in [0.717, 1.165) is 30.7 Å². The zero-order chi connectivity index (χ0) is 11.5. The molecule has 3 heteroatoms. The van der Waals surface area contributed by atoms with E-state index in [-0.39, 0.29) is 0 Å². The lowest BCUT2D eigenvalue weighted by atomic mass is 10.0. The van der Waals surface area contributed by atoms with Gasteiger partial charge in [-0.1, -0.05) is 15.9 Å². The molecule has 1 fully saturated rings. The van der Waals surface area contributed by atoms with E-state index in [1.807, 2.05) is 0 Å². The zero-order valence-corrected chi connectivity index (χ0v) is 11.4. The number of halogens is 1. The Morgan fingerprint density at radius 2 is 2.06 bits per heavy atom. The lowest BCUT2D eigenvalue weighted by molar-refractivity contribution is 0.190. The highest BCUT2D eigenvalue weighted by Crippen LogP contribution is 2.20. The van der Waals surface area contributed by atoms with Gasteiger partial charge in [-0.25, -0.2) is 0 Å². The van der Waals surface area contributed by atoms with Gasteiger partial charge in [0.25, 0.3) is 0 Å². The Kier molecular flexibility index (Phi) is 4.00. The second-order valence-electron chi connectivity index (χ2n) is 4.46. The summed E-state index contributed by atoms with van der Waals surface area (Å²) in [5.41, 5.74) is 4.10. The van der Waals surface area contributed by atoms with Crippen LogP contribution in [-0.2, 0) is 11.3 Å². The van der Waals surface area contributed by atoms with Crippen molar-refractivity contribution in [2.45, 2.75) is 32.9 Å². The molecule has 1 aliphatic heterocycles. The molecule has 1 aromatic carbocycles. The molecule has 1 unspecified atom stereocenters. The number of aryl methyl sites for hydroxylation is 2. The Morgan fingerprint density at radius 3 is 2.62 bits per heavy atom. The van der Waals surface area contributed by atoms with Crippen LogP contribution in [0.25, 0.3) is 0 Å². The van der Waals surface area contributed by atoms with Gasteiger partial charge in [-0.2, -0.15) is 0 Å². The lowest BCUT2D eigenvalue weighted by Crippen LogP contribution is -2.29. The van der Waals surface area contributed by atoms with Gasteiger partial charge in [-0.15, -0.1) is 0 Å². The highest BCUT2D eigenvalue weighted by molar-refractivity contribution is 9.10. The Morgan fingerprint density at radius 1 is 1.38 bits per heavy atom. The molecule has 1 aromatic rings. The van der Waals surface area contributed by atoms with Crippen molar-refractivity contribution in [1.82, 2.24) is 5.32 Å². The fourth-order valence-corrected chi connectivity index (χ4v) is 2.85. The maximum Gasteiger partial charge on any atom is 0.0620 e. The minimum absolute atomic E-state index is 0.530. The Balaban J connectivity index is 2.03. The van der Waals surface area contributed by atoms with E-state index in [9.17, 15) is 0 Å². The van der Waals surface area contributed by atoms with E-state index in [0.29, 0.717) is 6.04 Å².